The molecule has 7 rings (SSSR count). The molecule has 2 bridgehead atoms. The zero-order chi connectivity index (χ0) is 21.5. The number of hydrogen-bond donors (Lipinski definition) is 0. The zero-order valence-electron chi connectivity index (χ0n) is 16.1. The van der Waals surface area contributed by atoms with E-state index in [0.717, 1.165) is 28.5 Å². The third-order valence-electron chi connectivity index (χ3n) is 7.03. The Hall–Kier alpha value is -2.95. The summed E-state index contributed by atoms with van der Waals surface area (Å²) in [6.45, 7) is 0. The van der Waals surface area contributed by atoms with E-state index in [1.807, 2.05) is 48.5 Å². The molecule has 3 aromatic rings. The van der Waals surface area contributed by atoms with E-state index in [2.05, 4.69) is 0 Å². The summed E-state index contributed by atoms with van der Waals surface area (Å²) in [5.41, 5.74) is 2.66. The first-order valence-electron chi connectivity index (χ1n) is 9.98. The highest BCUT2D eigenvalue weighted by Crippen LogP contribution is 2.63. The van der Waals surface area contributed by atoms with Gasteiger partial charge in [-0.25, -0.2) is 4.90 Å². The molecule has 6 heteroatoms. The molecule has 0 spiro atoms. The lowest BCUT2D eigenvalue weighted by Gasteiger charge is -2.51. The maximum atomic E-state index is 13.8. The topological polar surface area (TPSA) is 54.5 Å². The van der Waals surface area contributed by atoms with E-state index in [-0.39, 0.29) is 22.8 Å². The van der Waals surface area contributed by atoms with E-state index < -0.39 is 17.3 Å². The van der Waals surface area contributed by atoms with Crippen molar-refractivity contribution in [2.45, 2.75) is 11.3 Å². The minimum Gasteiger partial charge on any atom is -0.302 e. The molecular formula is C25H15Cl2NO3. The lowest BCUT2D eigenvalue weighted by atomic mass is 9.48. The van der Waals surface area contributed by atoms with Crippen LogP contribution in [0.2, 0.25) is 10.0 Å². The first-order chi connectivity index (χ1) is 15.0. The van der Waals surface area contributed by atoms with Crippen LogP contribution in [-0.4, -0.2) is 18.1 Å². The molecule has 0 saturated carbocycles. The van der Waals surface area contributed by atoms with Gasteiger partial charge in [0.2, 0.25) is 11.8 Å². The van der Waals surface area contributed by atoms with Gasteiger partial charge in [0.15, 0.2) is 0 Å². The van der Waals surface area contributed by atoms with Crippen molar-refractivity contribution in [3.8, 4) is 0 Å². The van der Waals surface area contributed by atoms with Crippen molar-refractivity contribution in [1.29, 1.82) is 0 Å². The van der Waals surface area contributed by atoms with Gasteiger partial charge < -0.3 is 4.79 Å². The van der Waals surface area contributed by atoms with Gasteiger partial charge in [-0.05, 0) is 40.5 Å². The van der Waals surface area contributed by atoms with Gasteiger partial charge in [0.05, 0.1) is 33.0 Å². The molecule has 2 atom stereocenters. The third-order valence-corrected chi connectivity index (χ3v) is 7.77. The summed E-state index contributed by atoms with van der Waals surface area (Å²) < 4.78 is 0. The van der Waals surface area contributed by atoms with Crippen LogP contribution in [0.1, 0.15) is 28.2 Å². The van der Waals surface area contributed by atoms with Gasteiger partial charge >= 0.3 is 0 Å². The van der Waals surface area contributed by atoms with Crippen molar-refractivity contribution in [3.63, 3.8) is 0 Å². The zero-order valence-corrected chi connectivity index (χ0v) is 17.6. The Bertz CT molecular complexity index is 1270. The number of amides is 2. The summed E-state index contributed by atoms with van der Waals surface area (Å²) in [4.78, 5) is 41.6. The number of anilines is 1. The molecule has 2 amide bonds. The Labute approximate surface area is 188 Å². The Morgan fingerprint density at radius 2 is 1.42 bits per heavy atom. The van der Waals surface area contributed by atoms with Crippen molar-refractivity contribution < 1.29 is 14.4 Å². The number of nitrogens with zero attached hydrogens (tertiary/aromatic N) is 1. The number of halogens is 2. The Kier molecular flexibility index (Phi) is 3.81. The molecule has 4 nitrogen and oxygen atoms in total. The number of carbonyl (C=O) groups is 3. The van der Waals surface area contributed by atoms with Gasteiger partial charge in [-0.1, -0.05) is 71.7 Å². The summed E-state index contributed by atoms with van der Waals surface area (Å²) in [6, 6.07) is 20.0. The highest BCUT2D eigenvalue weighted by molar-refractivity contribution is 6.42. The maximum Gasteiger partial charge on any atom is 0.239 e. The Balaban J connectivity index is 1.63. The highest BCUT2D eigenvalue weighted by atomic mass is 35.5. The lowest BCUT2D eigenvalue weighted by Crippen LogP contribution is -2.54. The minimum atomic E-state index is -1.20. The predicted octanol–water partition coefficient (Wildman–Crippen LogP) is 4.74. The SMILES string of the molecule is O=CC12c3ccccc3C(c3ccccc31)[C@@H]1C(=O)N(c3ccc(Cl)c(Cl)c3)C(=O)[C@H]12. The lowest BCUT2D eigenvalue weighted by molar-refractivity contribution is -0.128. The van der Waals surface area contributed by atoms with Crippen LogP contribution < -0.4 is 4.90 Å². The van der Waals surface area contributed by atoms with Gasteiger partial charge in [0.25, 0.3) is 0 Å². The summed E-state index contributed by atoms with van der Waals surface area (Å²) in [5.74, 6) is -2.44. The van der Waals surface area contributed by atoms with Crippen LogP contribution in [0.15, 0.2) is 66.7 Å². The van der Waals surface area contributed by atoms with Crippen LogP contribution in [0.5, 0.6) is 0 Å². The smallest absolute Gasteiger partial charge is 0.239 e. The van der Waals surface area contributed by atoms with Gasteiger partial charge in [0, 0.05) is 5.92 Å². The molecule has 31 heavy (non-hydrogen) atoms. The molecule has 3 aromatic carbocycles. The first kappa shape index (κ1) is 18.8. The summed E-state index contributed by atoms with van der Waals surface area (Å²) >= 11 is 12.2. The van der Waals surface area contributed by atoms with E-state index in [1.165, 1.54) is 11.0 Å². The van der Waals surface area contributed by atoms with Crippen molar-refractivity contribution >= 4 is 47.0 Å². The van der Waals surface area contributed by atoms with Crippen LogP contribution in [0, 0.1) is 11.8 Å². The molecule has 152 valence electrons. The number of hydrogen-bond acceptors (Lipinski definition) is 3. The van der Waals surface area contributed by atoms with E-state index in [1.54, 1.807) is 12.1 Å². The number of carbonyl (C=O) groups excluding carboxylic acids is 3. The monoisotopic (exact) mass is 447 g/mol. The van der Waals surface area contributed by atoms with Crippen molar-refractivity contribution in [2.24, 2.45) is 11.8 Å². The second-order valence-corrected chi connectivity index (χ2v) is 9.07. The fraction of sp³-hybridized carbons (Fsp3) is 0.160. The van der Waals surface area contributed by atoms with Gasteiger partial charge in [-0.15, -0.1) is 0 Å². The molecular weight excluding hydrogens is 433 g/mol. The van der Waals surface area contributed by atoms with Crippen LogP contribution in [0.3, 0.4) is 0 Å². The Morgan fingerprint density at radius 1 is 0.806 bits per heavy atom. The van der Waals surface area contributed by atoms with E-state index >= 15 is 0 Å². The molecule has 0 aromatic heterocycles. The van der Waals surface area contributed by atoms with Crippen molar-refractivity contribution in [3.05, 3.63) is 99.0 Å². The fourth-order valence-corrected chi connectivity index (χ4v) is 6.20. The quantitative estimate of drug-likeness (QED) is 0.420. The standard InChI is InChI=1S/C25H15Cl2NO3/c26-18-10-9-13(11-19(18)27)28-23(30)21-20-14-5-1-3-7-16(14)25(12-29,22(21)24(28)31)17-8-4-2-6-15(17)20/h1-12,20-22H/t20?,21-,22-,25?/m0/s1. The minimum absolute atomic E-state index is 0.259. The van der Waals surface area contributed by atoms with Crippen molar-refractivity contribution in [1.82, 2.24) is 0 Å². The second-order valence-electron chi connectivity index (χ2n) is 8.25. The number of benzene rings is 3. The Morgan fingerprint density at radius 3 is 2.00 bits per heavy atom. The molecule has 0 radical (unpaired) electrons. The molecule has 0 unspecified atom stereocenters. The highest BCUT2D eigenvalue weighted by Gasteiger charge is 2.68. The summed E-state index contributed by atoms with van der Waals surface area (Å²) in [6.07, 6.45) is 0.862. The number of aldehydes is 1. The van der Waals surface area contributed by atoms with Crippen LogP contribution >= 0.6 is 23.2 Å². The number of rotatable bonds is 2. The molecule has 4 aliphatic rings. The third kappa shape index (κ3) is 2.14. The van der Waals surface area contributed by atoms with Gasteiger partial charge in [0.1, 0.15) is 6.29 Å². The molecule has 1 fully saturated rings. The normalized spacial score (nSPS) is 27.7. The summed E-state index contributed by atoms with van der Waals surface area (Å²) in [7, 11) is 0. The second kappa shape index (κ2) is 6.28. The first-order valence-corrected chi connectivity index (χ1v) is 10.7. The largest absolute Gasteiger partial charge is 0.302 e. The molecule has 1 heterocycles. The molecule has 1 saturated heterocycles. The molecule has 0 N–H and O–H groups in total. The molecule has 1 aliphatic heterocycles. The number of imide groups is 1. The van der Waals surface area contributed by atoms with Crippen LogP contribution in [0.25, 0.3) is 0 Å². The predicted molar refractivity (Wildman–Crippen MR) is 118 cm³/mol. The van der Waals surface area contributed by atoms with Gasteiger partial charge in [-0.2, -0.15) is 0 Å². The van der Waals surface area contributed by atoms with Crippen molar-refractivity contribution in [2.75, 3.05) is 4.90 Å². The van der Waals surface area contributed by atoms with Crippen LogP contribution in [0.4, 0.5) is 5.69 Å². The van der Waals surface area contributed by atoms with E-state index in [9.17, 15) is 14.4 Å². The summed E-state index contributed by atoms with van der Waals surface area (Å²) in [5, 5.41) is 0.598. The average Bonchev–Trinajstić information content (AvgIpc) is 3.07. The average molecular weight is 448 g/mol. The van der Waals surface area contributed by atoms with Crippen LogP contribution in [-0.2, 0) is 19.8 Å². The van der Waals surface area contributed by atoms with E-state index in [0.29, 0.717) is 10.7 Å². The molecule has 3 aliphatic carbocycles. The maximum absolute atomic E-state index is 13.8. The van der Waals surface area contributed by atoms with E-state index in [4.69, 9.17) is 23.2 Å². The fourth-order valence-electron chi connectivity index (χ4n) is 5.91. The van der Waals surface area contributed by atoms with Gasteiger partial charge in [-0.3, -0.25) is 9.59 Å².